The van der Waals surface area contributed by atoms with Crippen LogP contribution in [0.15, 0.2) is 48.5 Å². The number of hydrogen-bond donors (Lipinski definition) is 1. The SMILES string of the molecule is CC[C@@H](C(=O)NC1CCCCC1)N(Cc1ccc(OC)cc1)C(=O)CSCc1ccc(C)cc1. The lowest BCUT2D eigenvalue weighted by Gasteiger charge is -2.32. The Bertz CT molecular complexity index is 908. The fraction of sp³-hybridized carbons (Fsp3) is 0.500. The smallest absolute Gasteiger partial charge is 0.243 e. The lowest BCUT2D eigenvalue weighted by molar-refractivity contribution is -0.139. The molecule has 0 bridgehead atoms. The number of hydrogen-bond acceptors (Lipinski definition) is 4. The van der Waals surface area contributed by atoms with Gasteiger partial charge in [-0.25, -0.2) is 0 Å². The molecule has 1 aliphatic rings. The number of carbonyl (C=O) groups excluding carboxylic acids is 2. The molecule has 2 aromatic carbocycles. The van der Waals surface area contributed by atoms with Crippen molar-refractivity contribution >= 4 is 23.6 Å². The third-order valence-corrected chi connectivity index (χ3v) is 7.45. The van der Waals surface area contributed by atoms with Crippen LogP contribution in [0.3, 0.4) is 0 Å². The van der Waals surface area contributed by atoms with Crippen LogP contribution in [0, 0.1) is 6.92 Å². The fourth-order valence-corrected chi connectivity index (χ4v) is 5.29. The molecule has 34 heavy (non-hydrogen) atoms. The van der Waals surface area contributed by atoms with Crippen LogP contribution in [0.1, 0.15) is 62.1 Å². The summed E-state index contributed by atoms with van der Waals surface area (Å²) in [6.07, 6.45) is 6.20. The van der Waals surface area contributed by atoms with Crippen LogP contribution in [-0.2, 0) is 21.9 Å². The summed E-state index contributed by atoms with van der Waals surface area (Å²) >= 11 is 1.60. The van der Waals surface area contributed by atoms with Gasteiger partial charge in [-0.05, 0) is 49.4 Å². The maximum absolute atomic E-state index is 13.4. The van der Waals surface area contributed by atoms with Gasteiger partial charge in [0.2, 0.25) is 11.8 Å². The zero-order chi connectivity index (χ0) is 24.3. The Labute approximate surface area is 208 Å². The number of carbonyl (C=O) groups is 2. The van der Waals surface area contributed by atoms with Crippen molar-refractivity contribution in [3.8, 4) is 5.75 Å². The molecule has 1 fully saturated rings. The Morgan fingerprint density at radius 1 is 1.03 bits per heavy atom. The van der Waals surface area contributed by atoms with Crippen molar-refractivity contribution in [1.29, 1.82) is 0 Å². The van der Waals surface area contributed by atoms with Crippen LogP contribution in [0.4, 0.5) is 0 Å². The van der Waals surface area contributed by atoms with Crippen LogP contribution in [0.25, 0.3) is 0 Å². The van der Waals surface area contributed by atoms with Gasteiger partial charge in [-0.3, -0.25) is 9.59 Å². The molecule has 5 nitrogen and oxygen atoms in total. The Balaban J connectivity index is 1.69. The molecular weight excluding hydrogens is 444 g/mol. The van der Waals surface area contributed by atoms with Gasteiger partial charge in [-0.1, -0.05) is 68.1 Å². The van der Waals surface area contributed by atoms with Gasteiger partial charge in [0.1, 0.15) is 11.8 Å². The normalized spacial score (nSPS) is 14.9. The first-order valence-electron chi connectivity index (χ1n) is 12.4. The minimum atomic E-state index is -0.475. The Hall–Kier alpha value is -2.47. The number of ether oxygens (including phenoxy) is 1. The first-order chi connectivity index (χ1) is 16.5. The van der Waals surface area contributed by atoms with E-state index in [1.54, 1.807) is 23.8 Å². The van der Waals surface area contributed by atoms with Crippen LogP contribution >= 0.6 is 11.8 Å². The minimum absolute atomic E-state index is 0.00132. The molecular formula is C28H38N2O3S. The summed E-state index contributed by atoms with van der Waals surface area (Å²) in [6.45, 7) is 4.46. The van der Waals surface area contributed by atoms with E-state index in [0.717, 1.165) is 42.7 Å². The average molecular weight is 483 g/mol. The summed E-state index contributed by atoms with van der Waals surface area (Å²) in [5, 5.41) is 3.24. The summed E-state index contributed by atoms with van der Waals surface area (Å²) in [6, 6.07) is 15.9. The number of methoxy groups -OCH3 is 1. The second-order valence-corrected chi connectivity index (χ2v) is 10.1. The summed E-state index contributed by atoms with van der Waals surface area (Å²) < 4.78 is 5.27. The van der Waals surface area contributed by atoms with Crippen LogP contribution < -0.4 is 10.1 Å². The molecule has 0 spiro atoms. The number of thioether (sulfide) groups is 1. The molecule has 0 aliphatic heterocycles. The van der Waals surface area contributed by atoms with Gasteiger partial charge >= 0.3 is 0 Å². The van der Waals surface area contributed by atoms with Gasteiger partial charge in [0.25, 0.3) is 0 Å². The van der Waals surface area contributed by atoms with Crippen LogP contribution in [-0.4, -0.2) is 41.7 Å². The zero-order valence-corrected chi connectivity index (χ0v) is 21.5. The third kappa shape index (κ3) is 7.79. The largest absolute Gasteiger partial charge is 0.497 e. The van der Waals surface area contributed by atoms with Gasteiger partial charge < -0.3 is 15.0 Å². The van der Waals surface area contributed by atoms with E-state index >= 15 is 0 Å². The van der Waals surface area contributed by atoms with Crippen molar-refractivity contribution in [3.05, 3.63) is 65.2 Å². The molecule has 2 amide bonds. The number of nitrogens with zero attached hydrogens (tertiary/aromatic N) is 1. The summed E-state index contributed by atoms with van der Waals surface area (Å²) in [5.74, 6) is 1.86. The lowest BCUT2D eigenvalue weighted by Crippen LogP contribution is -2.52. The van der Waals surface area contributed by atoms with E-state index < -0.39 is 6.04 Å². The van der Waals surface area contributed by atoms with Gasteiger partial charge in [0.05, 0.1) is 12.9 Å². The highest BCUT2D eigenvalue weighted by atomic mass is 32.2. The van der Waals surface area contributed by atoms with E-state index in [-0.39, 0.29) is 17.9 Å². The van der Waals surface area contributed by atoms with E-state index in [1.165, 1.54) is 17.5 Å². The second kappa shape index (κ2) is 13.4. The number of rotatable bonds is 11. The van der Waals surface area contributed by atoms with Gasteiger partial charge in [-0.15, -0.1) is 11.8 Å². The molecule has 1 aliphatic carbocycles. The molecule has 0 unspecified atom stereocenters. The topological polar surface area (TPSA) is 58.6 Å². The Morgan fingerprint density at radius 3 is 2.29 bits per heavy atom. The number of aryl methyl sites for hydroxylation is 1. The first-order valence-corrected chi connectivity index (χ1v) is 13.5. The van der Waals surface area contributed by atoms with Gasteiger partial charge in [0, 0.05) is 18.3 Å². The molecule has 1 saturated carbocycles. The maximum atomic E-state index is 13.4. The van der Waals surface area contributed by atoms with Crippen LogP contribution in [0.2, 0.25) is 0 Å². The first kappa shape index (κ1) is 26.1. The third-order valence-electron chi connectivity index (χ3n) is 6.46. The van der Waals surface area contributed by atoms with Gasteiger partial charge in [-0.2, -0.15) is 0 Å². The number of amides is 2. The molecule has 6 heteroatoms. The van der Waals surface area contributed by atoms with E-state index in [1.807, 2.05) is 31.2 Å². The van der Waals surface area contributed by atoms with E-state index in [2.05, 4.69) is 36.5 Å². The second-order valence-electron chi connectivity index (χ2n) is 9.12. The van der Waals surface area contributed by atoms with Crippen molar-refractivity contribution in [2.24, 2.45) is 0 Å². The zero-order valence-electron chi connectivity index (χ0n) is 20.7. The molecule has 3 rings (SSSR count). The summed E-state index contributed by atoms with van der Waals surface area (Å²) in [7, 11) is 1.64. The molecule has 1 atom stereocenters. The highest BCUT2D eigenvalue weighted by Crippen LogP contribution is 2.21. The van der Waals surface area contributed by atoms with E-state index in [9.17, 15) is 9.59 Å². The fourth-order valence-electron chi connectivity index (χ4n) is 4.41. The van der Waals surface area contributed by atoms with Crippen molar-refractivity contribution in [2.45, 2.75) is 76.8 Å². The molecule has 0 heterocycles. The summed E-state index contributed by atoms with van der Waals surface area (Å²) in [5.41, 5.74) is 3.42. The molecule has 0 saturated heterocycles. The van der Waals surface area contributed by atoms with E-state index in [4.69, 9.17) is 4.74 Å². The number of benzene rings is 2. The highest BCUT2D eigenvalue weighted by Gasteiger charge is 2.30. The van der Waals surface area contributed by atoms with Crippen molar-refractivity contribution < 1.29 is 14.3 Å². The van der Waals surface area contributed by atoms with Crippen molar-refractivity contribution in [1.82, 2.24) is 10.2 Å². The highest BCUT2D eigenvalue weighted by molar-refractivity contribution is 7.99. The Kier molecular flexibility index (Phi) is 10.3. The molecule has 1 N–H and O–H groups in total. The van der Waals surface area contributed by atoms with E-state index in [0.29, 0.717) is 18.7 Å². The van der Waals surface area contributed by atoms with Crippen molar-refractivity contribution in [3.63, 3.8) is 0 Å². The molecule has 0 aromatic heterocycles. The summed E-state index contributed by atoms with van der Waals surface area (Å²) in [4.78, 5) is 28.5. The quantitative estimate of drug-likeness (QED) is 0.460. The monoisotopic (exact) mass is 482 g/mol. The Morgan fingerprint density at radius 2 is 1.68 bits per heavy atom. The number of nitrogens with one attached hydrogen (secondary N) is 1. The molecule has 2 aromatic rings. The minimum Gasteiger partial charge on any atom is -0.497 e. The van der Waals surface area contributed by atoms with Crippen molar-refractivity contribution in [2.75, 3.05) is 12.9 Å². The predicted octanol–water partition coefficient (Wildman–Crippen LogP) is 5.49. The van der Waals surface area contributed by atoms with Crippen LogP contribution in [0.5, 0.6) is 5.75 Å². The maximum Gasteiger partial charge on any atom is 0.243 e. The lowest BCUT2D eigenvalue weighted by atomic mass is 9.95. The predicted molar refractivity (Wildman–Crippen MR) is 140 cm³/mol. The molecule has 184 valence electrons. The molecule has 0 radical (unpaired) electrons. The van der Waals surface area contributed by atoms with Gasteiger partial charge in [0.15, 0.2) is 0 Å². The average Bonchev–Trinajstić information content (AvgIpc) is 2.86. The standard InChI is InChI=1S/C28H38N2O3S/c1-4-26(28(32)29-24-8-6-5-7-9-24)30(18-22-14-16-25(33-3)17-15-22)27(31)20-34-19-23-12-10-21(2)11-13-23/h10-17,24,26H,4-9,18-20H2,1-3H3,(H,29,32)/t26-/m0/s1.